The van der Waals surface area contributed by atoms with Crippen LogP contribution < -0.4 is 5.56 Å². The third-order valence-corrected chi connectivity index (χ3v) is 6.46. The van der Waals surface area contributed by atoms with Crippen LogP contribution in [0.25, 0.3) is 10.2 Å². The topological polar surface area (TPSA) is 75.5 Å². The number of nitrogens with zero attached hydrogens (tertiary/aromatic N) is 4. The lowest BCUT2D eigenvalue weighted by atomic mass is 10.2. The summed E-state index contributed by atoms with van der Waals surface area (Å²) in [5, 5.41) is 0.494. The van der Waals surface area contributed by atoms with Gasteiger partial charge in [-0.05, 0) is 40.2 Å². The Kier molecular flexibility index (Phi) is 5.37. The van der Waals surface area contributed by atoms with Crippen molar-refractivity contribution in [2.75, 3.05) is 19.6 Å². The number of carbonyl (C=O) groups is 2. The molecule has 3 heterocycles. The zero-order valence-corrected chi connectivity index (χ0v) is 17.3. The van der Waals surface area contributed by atoms with Gasteiger partial charge >= 0.3 is 0 Å². The minimum Gasteiger partial charge on any atom is -0.338 e. The zero-order chi connectivity index (χ0) is 19.9. The normalized spacial score (nSPS) is 17.3. The van der Waals surface area contributed by atoms with E-state index in [9.17, 15) is 14.4 Å². The van der Waals surface area contributed by atoms with E-state index >= 15 is 0 Å². The monoisotopic (exact) mass is 390 g/mol. The highest BCUT2D eigenvalue weighted by Crippen LogP contribution is 2.29. The number of aryl methyl sites for hydroxylation is 1. The van der Waals surface area contributed by atoms with E-state index in [1.54, 1.807) is 14.4 Å². The van der Waals surface area contributed by atoms with Crippen LogP contribution >= 0.6 is 11.3 Å². The fraction of sp³-hybridized carbons (Fsp3) is 0.579. The quantitative estimate of drug-likeness (QED) is 0.786. The van der Waals surface area contributed by atoms with Crippen LogP contribution in [0.1, 0.15) is 55.4 Å². The first-order chi connectivity index (χ1) is 12.8. The molecule has 2 aromatic heterocycles. The number of fused-ring (bicyclic) bond motifs is 1. The molecule has 2 amide bonds. The van der Waals surface area contributed by atoms with Crippen LogP contribution in [0, 0.1) is 6.92 Å². The molecule has 0 unspecified atom stereocenters. The molecule has 0 aromatic carbocycles. The highest BCUT2D eigenvalue weighted by molar-refractivity contribution is 7.20. The summed E-state index contributed by atoms with van der Waals surface area (Å²) in [7, 11) is 0. The van der Waals surface area contributed by atoms with Gasteiger partial charge in [-0.15, -0.1) is 11.3 Å². The first-order valence-corrected chi connectivity index (χ1v) is 10.2. The summed E-state index contributed by atoms with van der Waals surface area (Å²) in [6.45, 7) is 11.4. The van der Waals surface area contributed by atoms with Gasteiger partial charge in [-0.1, -0.05) is 0 Å². The van der Waals surface area contributed by atoms with E-state index in [0.29, 0.717) is 46.7 Å². The summed E-state index contributed by atoms with van der Waals surface area (Å²) in [6, 6.07) is -0.110. The third kappa shape index (κ3) is 3.26. The molecule has 1 atom stereocenters. The summed E-state index contributed by atoms with van der Waals surface area (Å²) in [5.41, 5.74) is 0.513. The lowest BCUT2D eigenvalue weighted by molar-refractivity contribution is -0.129. The van der Waals surface area contributed by atoms with Gasteiger partial charge in [-0.2, -0.15) is 0 Å². The van der Waals surface area contributed by atoms with Gasteiger partial charge in [0.25, 0.3) is 11.5 Å². The number of thiophene rings is 1. The van der Waals surface area contributed by atoms with Crippen molar-refractivity contribution in [3.63, 3.8) is 0 Å². The molecule has 0 N–H and O–H groups in total. The molecular formula is C19H26N4O3S. The van der Waals surface area contributed by atoms with Crippen LogP contribution in [0.5, 0.6) is 0 Å². The van der Waals surface area contributed by atoms with Crippen LogP contribution in [0.2, 0.25) is 0 Å². The summed E-state index contributed by atoms with van der Waals surface area (Å²) in [6.07, 6.45) is 1.83. The van der Waals surface area contributed by atoms with Crippen LogP contribution in [0.4, 0.5) is 0 Å². The van der Waals surface area contributed by atoms with E-state index in [-0.39, 0.29) is 29.5 Å². The number of likely N-dealkylation sites (tertiary alicyclic amines) is 1. The van der Waals surface area contributed by atoms with Crippen LogP contribution in [0.15, 0.2) is 11.1 Å². The first kappa shape index (κ1) is 19.5. The van der Waals surface area contributed by atoms with Crippen molar-refractivity contribution in [2.24, 2.45) is 0 Å². The Bertz CT molecular complexity index is 942. The Morgan fingerprint density at radius 3 is 2.56 bits per heavy atom. The number of amides is 2. The minimum atomic E-state index is -0.217. The Morgan fingerprint density at radius 1 is 1.33 bits per heavy atom. The smallest absolute Gasteiger partial charge is 0.264 e. The fourth-order valence-electron chi connectivity index (χ4n) is 3.65. The van der Waals surface area contributed by atoms with Gasteiger partial charge in [0.15, 0.2) is 0 Å². The van der Waals surface area contributed by atoms with Gasteiger partial charge in [0.1, 0.15) is 4.83 Å². The maximum absolute atomic E-state index is 13.1. The van der Waals surface area contributed by atoms with E-state index in [1.807, 2.05) is 34.6 Å². The van der Waals surface area contributed by atoms with E-state index in [4.69, 9.17) is 0 Å². The van der Waals surface area contributed by atoms with Crippen LogP contribution in [0.3, 0.4) is 0 Å². The standard InChI is InChI=1S/C19H26N4O3S/c1-6-21(7-2)19(26)16-12(5)15-17(27-16)20-10-23(18(15)25)13-8-14(24)22(9-13)11(3)4/h10-11,13H,6-9H2,1-5H3/t13-/m0/s1. The Hall–Kier alpha value is -2.22. The number of carbonyl (C=O) groups excluding carboxylic acids is 2. The van der Waals surface area contributed by atoms with E-state index in [0.717, 1.165) is 0 Å². The van der Waals surface area contributed by atoms with Crippen LogP contribution in [-0.4, -0.2) is 56.8 Å². The van der Waals surface area contributed by atoms with Crippen molar-refractivity contribution in [3.05, 3.63) is 27.1 Å². The van der Waals surface area contributed by atoms with Crippen molar-refractivity contribution in [3.8, 4) is 0 Å². The Morgan fingerprint density at radius 2 is 2.00 bits per heavy atom. The number of hydrogen-bond acceptors (Lipinski definition) is 5. The van der Waals surface area contributed by atoms with Gasteiger partial charge in [0.2, 0.25) is 5.91 Å². The van der Waals surface area contributed by atoms with Gasteiger partial charge in [0.05, 0.1) is 22.6 Å². The lowest BCUT2D eigenvalue weighted by Gasteiger charge is -2.21. The van der Waals surface area contributed by atoms with E-state index < -0.39 is 0 Å². The molecule has 0 spiro atoms. The predicted molar refractivity (Wildman–Crippen MR) is 106 cm³/mol. The van der Waals surface area contributed by atoms with Crippen LogP contribution in [-0.2, 0) is 4.79 Å². The molecule has 2 aromatic rings. The van der Waals surface area contributed by atoms with Gasteiger partial charge in [-0.3, -0.25) is 19.0 Å². The molecule has 1 aliphatic heterocycles. The van der Waals surface area contributed by atoms with Crippen molar-refractivity contribution in [1.29, 1.82) is 0 Å². The van der Waals surface area contributed by atoms with Crippen molar-refractivity contribution >= 4 is 33.4 Å². The van der Waals surface area contributed by atoms with Gasteiger partial charge < -0.3 is 9.80 Å². The molecule has 27 heavy (non-hydrogen) atoms. The third-order valence-electron chi connectivity index (χ3n) is 5.28. The molecule has 0 aliphatic carbocycles. The molecular weight excluding hydrogens is 364 g/mol. The average Bonchev–Trinajstić information content (AvgIpc) is 3.17. The Labute approximate surface area is 162 Å². The summed E-state index contributed by atoms with van der Waals surface area (Å²) >= 11 is 1.27. The number of rotatable bonds is 5. The van der Waals surface area contributed by atoms with Crippen molar-refractivity contribution in [2.45, 2.75) is 53.1 Å². The SMILES string of the molecule is CCN(CC)C(=O)c1sc2ncn([C@H]3CC(=O)N(C(C)C)C3)c(=O)c2c1C. The van der Waals surface area contributed by atoms with Crippen molar-refractivity contribution in [1.82, 2.24) is 19.4 Å². The zero-order valence-electron chi connectivity index (χ0n) is 16.5. The van der Waals surface area contributed by atoms with Gasteiger partial charge in [0, 0.05) is 32.1 Å². The Balaban J connectivity index is 2.04. The second-order valence-electron chi connectivity index (χ2n) is 7.17. The second-order valence-corrected chi connectivity index (χ2v) is 8.17. The predicted octanol–water partition coefficient (Wildman–Crippen LogP) is 2.43. The van der Waals surface area contributed by atoms with Crippen molar-refractivity contribution < 1.29 is 9.59 Å². The average molecular weight is 391 g/mol. The summed E-state index contributed by atoms with van der Waals surface area (Å²) < 4.78 is 1.56. The maximum Gasteiger partial charge on any atom is 0.264 e. The van der Waals surface area contributed by atoms with E-state index in [2.05, 4.69) is 4.98 Å². The molecule has 0 bridgehead atoms. The molecule has 3 rings (SSSR count). The summed E-state index contributed by atoms with van der Waals surface area (Å²) in [4.78, 5) is 47.2. The lowest BCUT2D eigenvalue weighted by Crippen LogP contribution is -2.33. The number of hydrogen-bond donors (Lipinski definition) is 0. The highest BCUT2D eigenvalue weighted by atomic mass is 32.1. The van der Waals surface area contributed by atoms with Gasteiger partial charge in [-0.25, -0.2) is 4.98 Å². The second kappa shape index (κ2) is 7.42. The maximum atomic E-state index is 13.1. The molecule has 8 heteroatoms. The molecule has 1 aliphatic rings. The summed E-state index contributed by atoms with van der Waals surface area (Å²) in [5.74, 6) is -0.00471. The highest BCUT2D eigenvalue weighted by Gasteiger charge is 2.33. The minimum absolute atomic E-state index is 0.0569. The largest absolute Gasteiger partial charge is 0.338 e. The fourth-order valence-corrected chi connectivity index (χ4v) is 4.76. The first-order valence-electron chi connectivity index (χ1n) is 9.39. The molecule has 0 radical (unpaired) electrons. The number of aromatic nitrogens is 2. The molecule has 7 nitrogen and oxygen atoms in total. The van der Waals surface area contributed by atoms with E-state index in [1.165, 1.54) is 17.7 Å². The molecule has 146 valence electrons. The molecule has 1 fully saturated rings. The molecule has 1 saturated heterocycles. The molecule has 0 saturated carbocycles.